The summed E-state index contributed by atoms with van der Waals surface area (Å²) in [5, 5.41) is 2.88. The maximum Gasteiger partial charge on any atom is 0.418 e. The van der Waals surface area contributed by atoms with Gasteiger partial charge in [0.15, 0.2) is 0 Å². The molecule has 0 aliphatic carbocycles. The summed E-state index contributed by atoms with van der Waals surface area (Å²) in [7, 11) is 3.94. The van der Waals surface area contributed by atoms with Crippen molar-refractivity contribution < 1.29 is 18.0 Å². The standard InChI is InChI=1S/C26H29F3N4O/c1-4-21(30)24-15-14-22(33(24)23-9-6-5-8-20(23)26(27,28)29)18-10-12-19(13-11-18)25(34)31-16-7-17-32(2)3/h4-6,8-15H,7,16-17,30H2,1-3H3,(H,31,34)/b21-4-. The van der Waals surface area contributed by atoms with Crippen LogP contribution < -0.4 is 11.1 Å². The van der Waals surface area contributed by atoms with Crippen LogP contribution in [0, 0.1) is 0 Å². The van der Waals surface area contributed by atoms with E-state index < -0.39 is 11.7 Å². The van der Waals surface area contributed by atoms with E-state index in [1.165, 1.54) is 16.7 Å². The minimum atomic E-state index is -4.53. The predicted octanol–water partition coefficient (Wildman–Crippen LogP) is 5.16. The Morgan fingerprint density at radius 1 is 1.06 bits per heavy atom. The Morgan fingerprint density at radius 2 is 1.74 bits per heavy atom. The summed E-state index contributed by atoms with van der Waals surface area (Å²) in [5.74, 6) is -0.193. The molecule has 1 amide bonds. The number of amides is 1. The molecule has 1 heterocycles. The number of nitrogens with one attached hydrogen (secondary N) is 1. The summed E-state index contributed by atoms with van der Waals surface area (Å²) >= 11 is 0. The first-order chi connectivity index (χ1) is 16.1. The third-order valence-electron chi connectivity index (χ3n) is 5.45. The highest BCUT2D eigenvalue weighted by atomic mass is 19.4. The molecule has 34 heavy (non-hydrogen) atoms. The van der Waals surface area contributed by atoms with Crippen molar-refractivity contribution >= 4 is 11.6 Å². The van der Waals surface area contributed by atoms with Crippen molar-refractivity contribution in [2.75, 3.05) is 27.2 Å². The number of allylic oxidation sites excluding steroid dienone is 1. The number of carbonyl (C=O) groups excluding carboxylic acids is 1. The molecule has 0 spiro atoms. The number of halogens is 3. The van der Waals surface area contributed by atoms with Crippen molar-refractivity contribution in [1.82, 2.24) is 14.8 Å². The van der Waals surface area contributed by atoms with Gasteiger partial charge in [-0.25, -0.2) is 0 Å². The lowest BCUT2D eigenvalue weighted by Crippen LogP contribution is -2.27. The number of nitrogens with zero attached hydrogens (tertiary/aromatic N) is 2. The number of hydrogen-bond acceptors (Lipinski definition) is 3. The summed E-state index contributed by atoms with van der Waals surface area (Å²) < 4.78 is 42.9. The Morgan fingerprint density at radius 3 is 2.35 bits per heavy atom. The van der Waals surface area contributed by atoms with Crippen LogP contribution in [0.15, 0.2) is 66.7 Å². The molecule has 0 aliphatic rings. The summed E-state index contributed by atoms with van der Waals surface area (Å²) in [5.41, 5.74) is 7.85. The van der Waals surface area contributed by atoms with Crippen LogP contribution in [0.2, 0.25) is 0 Å². The number of para-hydroxylation sites is 1. The Hall–Kier alpha value is -3.52. The van der Waals surface area contributed by atoms with Crippen LogP contribution in [-0.2, 0) is 6.18 Å². The highest BCUT2D eigenvalue weighted by molar-refractivity contribution is 5.94. The van der Waals surface area contributed by atoms with E-state index in [-0.39, 0.29) is 11.6 Å². The number of rotatable bonds is 8. The Balaban J connectivity index is 1.98. The molecule has 0 bridgehead atoms. The molecular weight excluding hydrogens is 441 g/mol. The van der Waals surface area contributed by atoms with Gasteiger partial charge in [0.05, 0.1) is 28.3 Å². The molecule has 8 heteroatoms. The summed E-state index contributed by atoms with van der Waals surface area (Å²) in [4.78, 5) is 14.5. The molecule has 0 radical (unpaired) electrons. The molecular formula is C26H29F3N4O. The van der Waals surface area contributed by atoms with Crippen molar-refractivity contribution in [2.24, 2.45) is 5.73 Å². The summed E-state index contributed by atoms with van der Waals surface area (Å²) in [6.07, 6.45) is -2.05. The first-order valence-corrected chi connectivity index (χ1v) is 11.0. The van der Waals surface area contributed by atoms with Crippen molar-refractivity contribution in [3.05, 3.63) is 83.6 Å². The molecule has 1 aromatic heterocycles. The van der Waals surface area contributed by atoms with E-state index in [9.17, 15) is 18.0 Å². The highest BCUT2D eigenvalue weighted by Crippen LogP contribution is 2.37. The fourth-order valence-electron chi connectivity index (χ4n) is 3.69. The van der Waals surface area contributed by atoms with Gasteiger partial charge in [-0.3, -0.25) is 4.79 Å². The monoisotopic (exact) mass is 470 g/mol. The molecule has 2 aromatic carbocycles. The molecule has 0 atom stereocenters. The average molecular weight is 471 g/mol. The molecule has 3 N–H and O–H groups in total. The second kappa shape index (κ2) is 10.6. The lowest BCUT2D eigenvalue weighted by Gasteiger charge is -2.19. The van der Waals surface area contributed by atoms with Crippen molar-refractivity contribution in [3.8, 4) is 16.9 Å². The third kappa shape index (κ3) is 5.69. The predicted molar refractivity (Wildman–Crippen MR) is 130 cm³/mol. The zero-order valence-electron chi connectivity index (χ0n) is 19.5. The van der Waals surface area contributed by atoms with Crippen LogP contribution in [0.1, 0.15) is 35.0 Å². The second-order valence-corrected chi connectivity index (χ2v) is 8.19. The molecule has 0 fully saturated rings. The van der Waals surface area contributed by atoms with Gasteiger partial charge in [0.25, 0.3) is 5.91 Å². The maximum absolute atomic E-state index is 13.8. The minimum Gasteiger partial charge on any atom is -0.397 e. The van der Waals surface area contributed by atoms with Crippen LogP contribution in [0.3, 0.4) is 0 Å². The first kappa shape index (κ1) is 25.1. The number of aromatic nitrogens is 1. The molecule has 180 valence electrons. The van der Waals surface area contributed by atoms with E-state index >= 15 is 0 Å². The number of benzene rings is 2. The van der Waals surface area contributed by atoms with Gasteiger partial charge in [-0.1, -0.05) is 30.3 Å². The summed E-state index contributed by atoms with van der Waals surface area (Å²) in [6.45, 7) is 3.16. The molecule has 3 aromatic rings. The van der Waals surface area contributed by atoms with E-state index in [2.05, 4.69) is 5.32 Å². The van der Waals surface area contributed by atoms with Crippen LogP contribution in [0.5, 0.6) is 0 Å². The van der Waals surface area contributed by atoms with Gasteiger partial charge in [-0.15, -0.1) is 0 Å². The lowest BCUT2D eigenvalue weighted by atomic mass is 10.1. The van der Waals surface area contributed by atoms with E-state index in [0.717, 1.165) is 19.0 Å². The van der Waals surface area contributed by atoms with E-state index in [1.807, 2.05) is 19.0 Å². The van der Waals surface area contributed by atoms with Gasteiger partial charge in [-0.05, 0) is 75.9 Å². The quantitative estimate of drug-likeness (QED) is 0.447. The van der Waals surface area contributed by atoms with E-state index in [4.69, 9.17) is 5.73 Å². The minimum absolute atomic E-state index is 0.0162. The largest absolute Gasteiger partial charge is 0.418 e. The van der Waals surface area contributed by atoms with Gasteiger partial charge >= 0.3 is 6.18 Å². The number of hydrogen-bond donors (Lipinski definition) is 2. The van der Waals surface area contributed by atoms with Crippen molar-refractivity contribution in [2.45, 2.75) is 19.5 Å². The fraction of sp³-hybridized carbons (Fsp3) is 0.269. The van der Waals surface area contributed by atoms with Gasteiger partial charge in [-0.2, -0.15) is 13.2 Å². The first-order valence-electron chi connectivity index (χ1n) is 11.0. The maximum atomic E-state index is 13.8. The summed E-state index contributed by atoms with van der Waals surface area (Å²) in [6, 6.07) is 15.6. The smallest absolute Gasteiger partial charge is 0.397 e. The number of alkyl halides is 3. The van der Waals surface area contributed by atoms with Crippen molar-refractivity contribution in [1.29, 1.82) is 0 Å². The zero-order chi connectivity index (χ0) is 24.9. The fourth-order valence-corrected chi connectivity index (χ4v) is 3.69. The molecule has 3 rings (SSSR count). The van der Waals surface area contributed by atoms with Gasteiger partial charge in [0.2, 0.25) is 0 Å². The van der Waals surface area contributed by atoms with Crippen LogP contribution >= 0.6 is 0 Å². The molecule has 0 saturated heterocycles. The molecule has 5 nitrogen and oxygen atoms in total. The van der Waals surface area contributed by atoms with Crippen LogP contribution in [-0.4, -0.2) is 42.6 Å². The van der Waals surface area contributed by atoms with Gasteiger partial charge in [0, 0.05) is 12.1 Å². The Kier molecular flexibility index (Phi) is 7.83. The topological polar surface area (TPSA) is 63.3 Å². The molecule has 0 aliphatic heterocycles. The Bertz CT molecular complexity index is 1160. The molecule has 0 unspecified atom stereocenters. The lowest BCUT2D eigenvalue weighted by molar-refractivity contribution is -0.137. The van der Waals surface area contributed by atoms with Crippen molar-refractivity contribution in [3.63, 3.8) is 0 Å². The highest BCUT2D eigenvalue weighted by Gasteiger charge is 2.34. The van der Waals surface area contributed by atoms with E-state index in [0.29, 0.717) is 34.8 Å². The third-order valence-corrected chi connectivity index (χ3v) is 5.45. The average Bonchev–Trinajstić information content (AvgIpc) is 3.25. The second-order valence-electron chi connectivity index (χ2n) is 8.19. The normalized spacial score (nSPS) is 12.3. The van der Waals surface area contributed by atoms with E-state index in [1.54, 1.807) is 55.5 Å². The van der Waals surface area contributed by atoms with Crippen LogP contribution in [0.4, 0.5) is 13.2 Å². The van der Waals surface area contributed by atoms with Gasteiger partial charge in [0.1, 0.15) is 0 Å². The zero-order valence-corrected chi connectivity index (χ0v) is 19.5. The number of carbonyl (C=O) groups is 1. The van der Waals surface area contributed by atoms with Gasteiger partial charge < -0.3 is 20.5 Å². The number of nitrogens with two attached hydrogens (primary N) is 1. The SMILES string of the molecule is C/C=C(\N)c1ccc(-c2ccc(C(=O)NCCCN(C)C)cc2)n1-c1ccccc1C(F)(F)F. The van der Waals surface area contributed by atoms with Crippen LogP contribution in [0.25, 0.3) is 22.6 Å². The Labute approximate surface area is 197 Å². The molecule has 0 saturated carbocycles.